The number of carbonyl (C=O) groups is 4. The third-order valence-electron chi connectivity index (χ3n) is 4.12. The van der Waals surface area contributed by atoms with Crippen LogP contribution in [-0.2, 0) is 19.2 Å². The maximum atomic E-state index is 12.6. The van der Waals surface area contributed by atoms with Crippen molar-refractivity contribution in [2.75, 3.05) is 13.1 Å². The second-order valence-corrected chi connectivity index (χ2v) is 6.24. The number of carbonyl (C=O) groups excluding carboxylic acids is 2. The fraction of sp³-hybridized carbons (Fsp3) is 0.667. The van der Waals surface area contributed by atoms with Crippen LogP contribution in [0.5, 0.6) is 0 Å². The quantitative estimate of drug-likeness (QED) is 0.132. The Morgan fingerprint density at radius 3 is 2.44 bits per heavy atom. The van der Waals surface area contributed by atoms with Crippen molar-refractivity contribution in [3.8, 4) is 0 Å². The molecule has 0 spiro atoms. The van der Waals surface area contributed by atoms with Crippen LogP contribution in [0.4, 0.5) is 0 Å². The zero-order chi connectivity index (χ0) is 20.6. The highest BCUT2D eigenvalue weighted by Gasteiger charge is 2.38. The number of rotatable bonds is 10. The third kappa shape index (κ3) is 7.09. The highest BCUT2D eigenvalue weighted by atomic mass is 16.4. The van der Waals surface area contributed by atoms with Crippen LogP contribution < -0.4 is 22.5 Å². The van der Waals surface area contributed by atoms with E-state index < -0.39 is 48.3 Å². The SMILES string of the molecule is NC(N)=NCCCC(N)C(=O)NC(CC(=O)O)C(=O)N1CCCC1C(=O)O. The fourth-order valence-electron chi connectivity index (χ4n) is 2.79. The first-order valence-corrected chi connectivity index (χ1v) is 8.50. The summed E-state index contributed by atoms with van der Waals surface area (Å²) in [6, 6.07) is -3.41. The number of aliphatic carboxylic acids is 2. The largest absolute Gasteiger partial charge is 0.481 e. The van der Waals surface area contributed by atoms with Crippen LogP contribution in [0.25, 0.3) is 0 Å². The average molecular weight is 386 g/mol. The van der Waals surface area contributed by atoms with Crippen molar-refractivity contribution in [1.29, 1.82) is 0 Å². The number of nitrogens with zero attached hydrogens (tertiary/aromatic N) is 2. The van der Waals surface area contributed by atoms with Gasteiger partial charge in [-0.2, -0.15) is 0 Å². The minimum atomic E-state index is -1.39. The van der Waals surface area contributed by atoms with E-state index in [0.717, 1.165) is 4.90 Å². The number of carboxylic acids is 2. The molecule has 0 aromatic carbocycles. The van der Waals surface area contributed by atoms with Crippen LogP contribution in [0.2, 0.25) is 0 Å². The summed E-state index contributed by atoms with van der Waals surface area (Å²) in [5.41, 5.74) is 16.1. The number of carboxylic acid groups (broad SMARTS) is 2. The second-order valence-electron chi connectivity index (χ2n) is 6.24. The van der Waals surface area contributed by atoms with Crippen molar-refractivity contribution < 1.29 is 29.4 Å². The van der Waals surface area contributed by atoms with Gasteiger partial charge in [0.05, 0.1) is 12.5 Å². The molecule has 12 heteroatoms. The minimum absolute atomic E-state index is 0.0845. The number of amides is 2. The molecule has 0 saturated carbocycles. The van der Waals surface area contributed by atoms with Gasteiger partial charge in [0.15, 0.2) is 5.96 Å². The molecule has 27 heavy (non-hydrogen) atoms. The molecular weight excluding hydrogens is 360 g/mol. The molecular formula is C15H26N6O6. The van der Waals surface area contributed by atoms with E-state index in [-0.39, 0.29) is 31.9 Å². The number of likely N-dealkylation sites (tertiary alicyclic amines) is 1. The molecule has 1 aliphatic rings. The zero-order valence-corrected chi connectivity index (χ0v) is 14.8. The Labute approximate surface area is 155 Å². The van der Waals surface area contributed by atoms with Gasteiger partial charge in [-0.3, -0.25) is 19.4 Å². The summed E-state index contributed by atoms with van der Waals surface area (Å²) >= 11 is 0. The van der Waals surface area contributed by atoms with Crippen LogP contribution in [0.1, 0.15) is 32.1 Å². The number of hydrogen-bond acceptors (Lipinski definition) is 6. The molecule has 3 unspecified atom stereocenters. The summed E-state index contributed by atoms with van der Waals surface area (Å²) in [6.45, 7) is 0.460. The molecule has 0 aromatic heterocycles. The Balaban J connectivity index is 2.71. The van der Waals surface area contributed by atoms with Crippen LogP contribution in [0.3, 0.4) is 0 Å². The van der Waals surface area contributed by atoms with Crippen molar-refractivity contribution in [3.05, 3.63) is 0 Å². The second kappa shape index (κ2) is 10.3. The van der Waals surface area contributed by atoms with E-state index in [2.05, 4.69) is 10.3 Å². The summed E-state index contributed by atoms with van der Waals surface area (Å²) in [5.74, 6) is -4.01. The number of nitrogens with one attached hydrogen (secondary N) is 1. The van der Waals surface area contributed by atoms with Gasteiger partial charge in [-0.25, -0.2) is 4.79 Å². The van der Waals surface area contributed by atoms with E-state index in [1.54, 1.807) is 0 Å². The van der Waals surface area contributed by atoms with Gasteiger partial charge in [0.1, 0.15) is 12.1 Å². The molecule has 0 bridgehead atoms. The Morgan fingerprint density at radius 1 is 1.22 bits per heavy atom. The Kier molecular flexibility index (Phi) is 8.45. The first kappa shape index (κ1) is 22.2. The highest BCUT2D eigenvalue weighted by Crippen LogP contribution is 2.19. The maximum absolute atomic E-state index is 12.6. The molecule has 1 fully saturated rings. The van der Waals surface area contributed by atoms with E-state index in [4.69, 9.17) is 22.3 Å². The fourth-order valence-corrected chi connectivity index (χ4v) is 2.79. The van der Waals surface area contributed by atoms with Gasteiger partial charge >= 0.3 is 11.9 Å². The minimum Gasteiger partial charge on any atom is -0.481 e. The van der Waals surface area contributed by atoms with Gasteiger partial charge in [-0.1, -0.05) is 0 Å². The summed E-state index contributed by atoms with van der Waals surface area (Å²) in [6.07, 6.45) is 0.725. The summed E-state index contributed by atoms with van der Waals surface area (Å²) in [5, 5.41) is 20.5. The van der Waals surface area contributed by atoms with E-state index in [0.29, 0.717) is 12.8 Å². The molecule has 1 rings (SSSR count). The van der Waals surface area contributed by atoms with Gasteiger partial charge in [-0.15, -0.1) is 0 Å². The molecule has 1 saturated heterocycles. The van der Waals surface area contributed by atoms with Crippen molar-refractivity contribution in [3.63, 3.8) is 0 Å². The topological polar surface area (TPSA) is 214 Å². The standard InChI is InChI=1S/C15H26N6O6/c16-8(3-1-5-19-15(17)18)12(24)20-9(7-11(22)23)13(25)21-6-2-4-10(21)14(26)27/h8-10H,1-7,16H2,(H,20,24)(H,22,23)(H,26,27)(H4,17,18,19). The lowest BCUT2D eigenvalue weighted by molar-refractivity contribution is -0.150. The molecule has 0 aromatic rings. The van der Waals surface area contributed by atoms with Gasteiger partial charge in [0.25, 0.3) is 0 Å². The maximum Gasteiger partial charge on any atom is 0.326 e. The lowest BCUT2D eigenvalue weighted by Gasteiger charge is -2.27. The monoisotopic (exact) mass is 386 g/mol. The molecule has 1 heterocycles. The van der Waals surface area contributed by atoms with Crippen molar-refractivity contribution >= 4 is 29.7 Å². The lowest BCUT2D eigenvalue weighted by Crippen LogP contribution is -2.55. The molecule has 12 nitrogen and oxygen atoms in total. The Hall–Kier alpha value is -2.89. The van der Waals surface area contributed by atoms with Gasteiger partial charge in [-0.05, 0) is 25.7 Å². The predicted molar refractivity (Wildman–Crippen MR) is 94.4 cm³/mol. The van der Waals surface area contributed by atoms with Crippen LogP contribution >= 0.6 is 0 Å². The van der Waals surface area contributed by atoms with Crippen LogP contribution in [0, 0.1) is 0 Å². The first-order chi connectivity index (χ1) is 12.6. The third-order valence-corrected chi connectivity index (χ3v) is 4.12. The summed E-state index contributed by atoms with van der Waals surface area (Å²) in [4.78, 5) is 51.9. The Bertz CT molecular complexity index is 606. The molecule has 2 amide bonds. The molecule has 0 aliphatic carbocycles. The number of guanidine groups is 1. The number of hydrogen-bond donors (Lipinski definition) is 6. The van der Waals surface area contributed by atoms with E-state index >= 15 is 0 Å². The average Bonchev–Trinajstić information content (AvgIpc) is 3.06. The van der Waals surface area contributed by atoms with E-state index in [9.17, 15) is 24.3 Å². The first-order valence-electron chi connectivity index (χ1n) is 8.50. The van der Waals surface area contributed by atoms with Crippen molar-refractivity contribution in [2.45, 2.75) is 50.2 Å². The van der Waals surface area contributed by atoms with Crippen molar-refractivity contribution in [1.82, 2.24) is 10.2 Å². The normalized spacial score (nSPS) is 18.4. The molecule has 152 valence electrons. The van der Waals surface area contributed by atoms with E-state index in [1.165, 1.54) is 0 Å². The zero-order valence-electron chi connectivity index (χ0n) is 14.8. The smallest absolute Gasteiger partial charge is 0.326 e. The molecule has 9 N–H and O–H groups in total. The van der Waals surface area contributed by atoms with Gasteiger partial charge in [0.2, 0.25) is 11.8 Å². The van der Waals surface area contributed by atoms with Crippen molar-refractivity contribution in [2.24, 2.45) is 22.2 Å². The molecule has 0 radical (unpaired) electrons. The lowest BCUT2D eigenvalue weighted by atomic mass is 10.1. The van der Waals surface area contributed by atoms with Crippen LogP contribution in [0.15, 0.2) is 4.99 Å². The number of nitrogens with two attached hydrogens (primary N) is 3. The Morgan fingerprint density at radius 2 is 1.89 bits per heavy atom. The van der Waals surface area contributed by atoms with Crippen LogP contribution in [-0.4, -0.2) is 76.0 Å². The predicted octanol–water partition coefficient (Wildman–Crippen LogP) is -2.60. The van der Waals surface area contributed by atoms with E-state index in [1.807, 2.05) is 0 Å². The summed E-state index contributed by atoms with van der Waals surface area (Å²) < 4.78 is 0. The molecule has 1 aliphatic heterocycles. The number of aliphatic imine (C=N–C) groups is 1. The highest BCUT2D eigenvalue weighted by molar-refractivity contribution is 5.94. The molecule has 3 atom stereocenters. The van der Waals surface area contributed by atoms with Gasteiger partial charge < -0.3 is 37.6 Å². The summed E-state index contributed by atoms with van der Waals surface area (Å²) in [7, 11) is 0. The van der Waals surface area contributed by atoms with Gasteiger partial charge in [0, 0.05) is 13.1 Å².